The molecule has 0 aliphatic carbocycles. The van der Waals surface area contributed by atoms with E-state index in [1.165, 1.54) is 22.9 Å². The molecule has 0 spiro atoms. The molecule has 0 unspecified atom stereocenters. The Kier molecular flexibility index (Phi) is 8.08. The number of carbonyl (C=O) groups excluding carboxylic acids is 1. The van der Waals surface area contributed by atoms with E-state index in [2.05, 4.69) is 37.9 Å². The van der Waals surface area contributed by atoms with Crippen LogP contribution in [0.15, 0.2) is 53.7 Å². The van der Waals surface area contributed by atoms with Crippen LogP contribution in [-0.2, 0) is 17.9 Å². The van der Waals surface area contributed by atoms with E-state index in [0.29, 0.717) is 12.3 Å². The SMILES string of the molecule is COc1ccc(CN2CCN(C(=O)CSc3nnc(C)n3Cc3ccccc3)CC2)cc1OC. The van der Waals surface area contributed by atoms with Gasteiger partial charge < -0.3 is 18.9 Å². The first kappa shape index (κ1) is 24.1. The third-order valence-electron chi connectivity index (χ3n) is 5.99. The molecule has 0 radical (unpaired) electrons. The van der Waals surface area contributed by atoms with Crippen molar-refractivity contribution in [3.05, 3.63) is 65.5 Å². The molecule has 3 aromatic rings. The van der Waals surface area contributed by atoms with Crippen molar-refractivity contribution in [3.8, 4) is 11.5 Å². The van der Waals surface area contributed by atoms with E-state index in [1.54, 1.807) is 14.2 Å². The van der Waals surface area contributed by atoms with Gasteiger partial charge in [-0.3, -0.25) is 9.69 Å². The Morgan fingerprint density at radius 2 is 1.65 bits per heavy atom. The fourth-order valence-electron chi connectivity index (χ4n) is 4.03. The van der Waals surface area contributed by atoms with E-state index in [1.807, 2.05) is 42.2 Å². The molecule has 0 saturated carbocycles. The zero-order valence-electron chi connectivity index (χ0n) is 19.9. The Hall–Kier alpha value is -3.04. The molecular weight excluding hydrogens is 450 g/mol. The average molecular weight is 482 g/mol. The molecule has 1 aliphatic rings. The Labute approximate surface area is 204 Å². The number of amides is 1. The lowest BCUT2D eigenvalue weighted by Gasteiger charge is -2.34. The first-order valence-corrected chi connectivity index (χ1v) is 12.3. The maximum atomic E-state index is 12.9. The summed E-state index contributed by atoms with van der Waals surface area (Å²) in [5, 5.41) is 9.29. The van der Waals surface area contributed by atoms with Crippen LogP contribution < -0.4 is 9.47 Å². The van der Waals surface area contributed by atoms with Crippen LogP contribution in [0.4, 0.5) is 0 Å². The van der Waals surface area contributed by atoms with Gasteiger partial charge in [-0.2, -0.15) is 0 Å². The zero-order valence-corrected chi connectivity index (χ0v) is 20.8. The van der Waals surface area contributed by atoms with E-state index in [4.69, 9.17) is 9.47 Å². The van der Waals surface area contributed by atoms with Crippen molar-refractivity contribution in [1.29, 1.82) is 0 Å². The molecule has 1 saturated heterocycles. The monoisotopic (exact) mass is 481 g/mol. The molecule has 1 amide bonds. The van der Waals surface area contributed by atoms with Gasteiger partial charge in [-0.1, -0.05) is 48.2 Å². The van der Waals surface area contributed by atoms with Gasteiger partial charge in [-0.15, -0.1) is 10.2 Å². The van der Waals surface area contributed by atoms with Crippen LogP contribution in [0.5, 0.6) is 11.5 Å². The number of hydrogen-bond donors (Lipinski definition) is 0. The number of benzene rings is 2. The molecule has 9 heteroatoms. The molecule has 1 aliphatic heterocycles. The first-order chi connectivity index (χ1) is 16.6. The topological polar surface area (TPSA) is 72.7 Å². The minimum Gasteiger partial charge on any atom is -0.493 e. The standard InChI is InChI=1S/C25H31N5O3S/c1-19-26-27-25(30(19)17-20-7-5-4-6-8-20)34-18-24(31)29-13-11-28(12-14-29)16-21-9-10-22(32-2)23(15-21)33-3/h4-10,15H,11-14,16-18H2,1-3H3. The second-order valence-electron chi connectivity index (χ2n) is 8.24. The van der Waals surface area contributed by atoms with Crippen molar-refractivity contribution in [3.63, 3.8) is 0 Å². The lowest BCUT2D eigenvalue weighted by atomic mass is 10.1. The smallest absolute Gasteiger partial charge is 0.233 e. The van der Waals surface area contributed by atoms with Gasteiger partial charge in [0, 0.05) is 32.7 Å². The number of ether oxygens (including phenoxy) is 2. The summed E-state index contributed by atoms with van der Waals surface area (Å²) in [6, 6.07) is 16.2. The summed E-state index contributed by atoms with van der Waals surface area (Å²) in [5.41, 5.74) is 2.35. The highest BCUT2D eigenvalue weighted by Crippen LogP contribution is 2.28. The molecule has 2 aromatic carbocycles. The summed E-state index contributed by atoms with van der Waals surface area (Å²) in [6.45, 7) is 6.59. The maximum absolute atomic E-state index is 12.9. The molecule has 1 fully saturated rings. The van der Waals surface area contributed by atoms with Crippen LogP contribution in [0.3, 0.4) is 0 Å². The zero-order chi connectivity index (χ0) is 23.9. The molecular formula is C25H31N5O3S. The van der Waals surface area contributed by atoms with Gasteiger partial charge in [0.05, 0.1) is 26.5 Å². The minimum absolute atomic E-state index is 0.141. The maximum Gasteiger partial charge on any atom is 0.233 e. The van der Waals surface area contributed by atoms with E-state index in [9.17, 15) is 4.79 Å². The van der Waals surface area contributed by atoms with Crippen LogP contribution in [0.1, 0.15) is 17.0 Å². The largest absolute Gasteiger partial charge is 0.493 e. The highest BCUT2D eigenvalue weighted by molar-refractivity contribution is 7.99. The minimum atomic E-state index is 0.141. The number of methoxy groups -OCH3 is 2. The molecule has 2 heterocycles. The van der Waals surface area contributed by atoms with Crippen LogP contribution in [0, 0.1) is 6.92 Å². The fraction of sp³-hybridized carbons (Fsp3) is 0.400. The molecule has 34 heavy (non-hydrogen) atoms. The molecule has 8 nitrogen and oxygen atoms in total. The number of carbonyl (C=O) groups is 1. The summed E-state index contributed by atoms with van der Waals surface area (Å²) < 4.78 is 12.8. The normalized spacial score (nSPS) is 14.3. The summed E-state index contributed by atoms with van der Waals surface area (Å²) in [7, 11) is 3.29. The van der Waals surface area contributed by atoms with E-state index >= 15 is 0 Å². The summed E-state index contributed by atoms with van der Waals surface area (Å²) in [4.78, 5) is 17.2. The number of aryl methyl sites for hydroxylation is 1. The Morgan fingerprint density at radius 1 is 0.912 bits per heavy atom. The highest BCUT2D eigenvalue weighted by atomic mass is 32.2. The molecule has 0 atom stereocenters. The predicted molar refractivity (Wildman–Crippen MR) is 132 cm³/mol. The second kappa shape index (κ2) is 11.4. The third kappa shape index (κ3) is 5.90. The van der Waals surface area contributed by atoms with Gasteiger partial charge >= 0.3 is 0 Å². The van der Waals surface area contributed by atoms with Crippen molar-refractivity contribution in [2.24, 2.45) is 0 Å². The van der Waals surface area contributed by atoms with Gasteiger partial charge in [0.15, 0.2) is 16.7 Å². The van der Waals surface area contributed by atoms with Crippen LogP contribution in [-0.4, -0.2) is 76.6 Å². The molecule has 0 bridgehead atoms. The van der Waals surface area contributed by atoms with Crippen molar-refractivity contribution < 1.29 is 14.3 Å². The first-order valence-electron chi connectivity index (χ1n) is 11.3. The highest BCUT2D eigenvalue weighted by Gasteiger charge is 2.22. The Bertz CT molecular complexity index is 1100. The van der Waals surface area contributed by atoms with Crippen LogP contribution in [0.2, 0.25) is 0 Å². The number of piperazine rings is 1. The van der Waals surface area contributed by atoms with Crippen molar-refractivity contribution >= 4 is 17.7 Å². The van der Waals surface area contributed by atoms with E-state index in [-0.39, 0.29) is 5.91 Å². The summed E-state index contributed by atoms with van der Waals surface area (Å²) in [6.07, 6.45) is 0. The third-order valence-corrected chi connectivity index (χ3v) is 6.94. The Morgan fingerprint density at radius 3 is 2.35 bits per heavy atom. The second-order valence-corrected chi connectivity index (χ2v) is 9.18. The fourth-order valence-corrected chi connectivity index (χ4v) is 4.91. The Balaban J connectivity index is 1.27. The van der Waals surface area contributed by atoms with E-state index in [0.717, 1.165) is 55.2 Å². The number of rotatable bonds is 9. The summed E-state index contributed by atoms with van der Waals surface area (Å²) >= 11 is 1.46. The number of aromatic nitrogens is 3. The predicted octanol–water partition coefficient (Wildman–Crippen LogP) is 3.09. The number of hydrogen-bond acceptors (Lipinski definition) is 7. The van der Waals surface area contributed by atoms with Gasteiger partial charge in [0.25, 0.3) is 0 Å². The van der Waals surface area contributed by atoms with Crippen LogP contribution >= 0.6 is 11.8 Å². The lowest BCUT2D eigenvalue weighted by Crippen LogP contribution is -2.48. The van der Waals surface area contributed by atoms with Gasteiger partial charge in [0.1, 0.15) is 5.82 Å². The van der Waals surface area contributed by atoms with Crippen LogP contribution in [0.25, 0.3) is 0 Å². The number of nitrogens with zero attached hydrogens (tertiary/aromatic N) is 5. The summed E-state index contributed by atoms with van der Waals surface area (Å²) in [5.74, 6) is 2.82. The molecule has 0 N–H and O–H groups in total. The quantitative estimate of drug-likeness (QED) is 0.435. The molecule has 4 rings (SSSR count). The van der Waals surface area contributed by atoms with Crippen molar-refractivity contribution in [2.75, 3.05) is 46.2 Å². The molecule has 1 aromatic heterocycles. The van der Waals surface area contributed by atoms with Crippen molar-refractivity contribution in [1.82, 2.24) is 24.6 Å². The van der Waals surface area contributed by atoms with Gasteiger partial charge in [-0.05, 0) is 30.2 Å². The molecule has 180 valence electrons. The lowest BCUT2D eigenvalue weighted by molar-refractivity contribution is -0.130. The average Bonchev–Trinajstić information content (AvgIpc) is 3.22. The van der Waals surface area contributed by atoms with Gasteiger partial charge in [0.2, 0.25) is 5.91 Å². The van der Waals surface area contributed by atoms with Crippen molar-refractivity contribution in [2.45, 2.75) is 25.2 Å². The number of thioether (sulfide) groups is 1. The van der Waals surface area contributed by atoms with E-state index < -0.39 is 0 Å². The van der Waals surface area contributed by atoms with Gasteiger partial charge in [-0.25, -0.2) is 0 Å².